The van der Waals surface area contributed by atoms with Gasteiger partial charge in [0.05, 0.1) is 25.3 Å². The average molecular weight is 495 g/mol. The SMILES string of the molecule is CCCOc1ccc(/C(O)=C2\C(=O)C(=O)N(c3ccc(F)c(F)c3)C2c2ccc(OC)c(O)c2)cc1. The number of methoxy groups -OCH3 is 1. The van der Waals surface area contributed by atoms with E-state index in [1.807, 2.05) is 6.92 Å². The van der Waals surface area contributed by atoms with Crippen molar-refractivity contribution in [3.05, 3.63) is 89.0 Å². The van der Waals surface area contributed by atoms with Gasteiger partial charge in [0.2, 0.25) is 0 Å². The quantitative estimate of drug-likeness (QED) is 0.269. The van der Waals surface area contributed by atoms with Crippen LogP contribution in [-0.4, -0.2) is 35.6 Å². The molecule has 1 aliphatic heterocycles. The molecule has 3 aromatic carbocycles. The molecule has 7 nitrogen and oxygen atoms in total. The van der Waals surface area contributed by atoms with Gasteiger partial charge in [-0.2, -0.15) is 0 Å². The van der Waals surface area contributed by atoms with Gasteiger partial charge in [-0.1, -0.05) is 13.0 Å². The minimum absolute atomic E-state index is 0.0985. The summed E-state index contributed by atoms with van der Waals surface area (Å²) in [5.74, 6) is -4.45. The van der Waals surface area contributed by atoms with Crippen LogP contribution < -0.4 is 14.4 Å². The smallest absolute Gasteiger partial charge is 0.300 e. The summed E-state index contributed by atoms with van der Waals surface area (Å²) in [6.07, 6.45) is 0.809. The van der Waals surface area contributed by atoms with Gasteiger partial charge in [-0.25, -0.2) is 8.78 Å². The highest BCUT2D eigenvalue weighted by atomic mass is 19.2. The molecule has 3 aromatic rings. The lowest BCUT2D eigenvalue weighted by Crippen LogP contribution is -2.29. The number of carbonyl (C=O) groups excluding carboxylic acids is 2. The summed E-state index contributed by atoms with van der Waals surface area (Å²) in [5.41, 5.74) is 0.0988. The van der Waals surface area contributed by atoms with Gasteiger partial charge < -0.3 is 19.7 Å². The second-order valence-electron chi connectivity index (χ2n) is 8.07. The van der Waals surface area contributed by atoms with Gasteiger partial charge in [-0.05, 0) is 60.5 Å². The number of ketones is 1. The van der Waals surface area contributed by atoms with Crippen LogP contribution in [-0.2, 0) is 9.59 Å². The molecular formula is C27H23F2NO6. The number of halogens is 2. The van der Waals surface area contributed by atoms with E-state index in [9.17, 15) is 28.6 Å². The molecule has 1 unspecified atom stereocenters. The van der Waals surface area contributed by atoms with Crippen LogP contribution in [0.25, 0.3) is 5.76 Å². The minimum atomic E-state index is -1.25. The van der Waals surface area contributed by atoms with Crippen LogP contribution >= 0.6 is 0 Å². The van der Waals surface area contributed by atoms with Gasteiger partial charge in [0.15, 0.2) is 23.1 Å². The Morgan fingerprint density at radius 1 is 1.00 bits per heavy atom. The highest BCUT2D eigenvalue weighted by molar-refractivity contribution is 6.51. The molecule has 186 valence electrons. The third-order valence-corrected chi connectivity index (χ3v) is 5.75. The molecule has 0 radical (unpaired) electrons. The summed E-state index contributed by atoms with van der Waals surface area (Å²) in [7, 11) is 1.36. The molecule has 0 aliphatic carbocycles. The van der Waals surface area contributed by atoms with Crippen molar-refractivity contribution in [2.75, 3.05) is 18.6 Å². The number of Topliss-reactive ketones (excluding diaryl/α,β-unsaturated/α-hetero) is 1. The molecule has 0 aromatic heterocycles. The molecule has 1 heterocycles. The number of hydrogen-bond acceptors (Lipinski definition) is 6. The van der Waals surface area contributed by atoms with Crippen molar-refractivity contribution < 1.29 is 38.1 Å². The van der Waals surface area contributed by atoms with Gasteiger partial charge in [0, 0.05) is 17.3 Å². The number of phenolic OH excluding ortho intramolecular Hbond substituents is 1. The molecule has 0 spiro atoms. The van der Waals surface area contributed by atoms with Gasteiger partial charge in [0.25, 0.3) is 11.7 Å². The van der Waals surface area contributed by atoms with E-state index in [1.54, 1.807) is 12.1 Å². The first-order chi connectivity index (χ1) is 17.3. The highest BCUT2D eigenvalue weighted by Crippen LogP contribution is 2.44. The van der Waals surface area contributed by atoms with E-state index in [2.05, 4.69) is 0 Å². The number of ether oxygens (including phenoxy) is 2. The Labute approximate surface area is 205 Å². The van der Waals surface area contributed by atoms with Crippen LogP contribution in [0.1, 0.15) is 30.5 Å². The number of aliphatic hydroxyl groups excluding tert-OH is 1. The largest absolute Gasteiger partial charge is 0.507 e. The Hall–Kier alpha value is -4.40. The third-order valence-electron chi connectivity index (χ3n) is 5.75. The fraction of sp³-hybridized carbons (Fsp3) is 0.185. The molecule has 1 saturated heterocycles. The standard InChI is InChI=1S/C27H23F2NO6/c1-3-12-36-18-8-4-15(5-9-18)25(32)23-24(16-6-11-22(35-2)21(31)13-16)30(27(34)26(23)33)17-7-10-19(28)20(29)14-17/h4-11,13-14,24,31-32H,3,12H2,1-2H3/b25-23+. The van der Waals surface area contributed by atoms with Gasteiger partial charge in [0.1, 0.15) is 11.5 Å². The Balaban J connectivity index is 1.88. The van der Waals surface area contributed by atoms with Gasteiger partial charge in [-0.15, -0.1) is 0 Å². The zero-order chi connectivity index (χ0) is 26.0. The lowest BCUT2D eigenvalue weighted by molar-refractivity contribution is -0.132. The number of aliphatic hydroxyl groups is 1. The number of benzene rings is 3. The maximum absolute atomic E-state index is 14.1. The van der Waals surface area contributed by atoms with E-state index < -0.39 is 35.1 Å². The van der Waals surface area contributed by atoms with Crippen molar-refractivity contribution in [1.29, 1.82) is 0 Å². The summed E-state index contributed by atoms with van der Waals surface area (Å²) in [4.78, 5) is 27.2. The predicted molar refractivity (Wildman–Crippen MR) is 128 cm³/mol. The van der Waals surface area contributed by atoms with Crippen molar-refractivity contribution in [2.45, 2.75) is 19.4 Å². The molecule has 0 saturated carbocycles. The predicted octanol–water partition coefficient (Wildman–Crippen LogP) is 5.09. The van der Waals surface area contributed by atoms with E-state index in [0.29, 0.717) is 12.4 Å². The number of anilines is 1. The van der Waals surface area contributed by atoms with E-state index in [1.165, 1.54) is 37.4 Å². The molecule has 1 fully saturated rings. The Morgan fingerprint density at radius 3 is 2.33 bits per heavy atom. The van der Waals surface area contributed by atoms with Gasteiger partial charge in [-0.3, -0.25) is 14.5 Å². The summed E-state index contributed by atoms with van der Waals surface area (Å²) in [6, 6.07) is 12.0. The Bertz CT molecular complexity index is 1350. The van der Waals surface area contributed by atoms with E-state index in [4.69, 9.17) is 9.47 Å². The summed E-state index contributed by atoms with van der Waals surface area (Å²) < 4.78 is 38.3. The van der Waals surface area contributed by atoms with Gasteiger partial charge >= 0.3 is 0 Å². The zero-order valence-electron chi connectivity index (χ0n) is 19.5. The summed E-state index contributed by atoms with van der Waals surface area (Å²) >= 11 is 0. The molecule has 1 aliphatic rings. The fourth-order valence-corrected chi connectivity index (χ4v) is 4.01. The molecule has 1 atom stereocenters. The number of rotatable bonds is 7. The van der Waals surface area contributed by atoms with Crippen LogP contribution in [0.2, 0.25) is 0 Å². The first-order valence-corrected chi connectivity index (χ1v) is 11.1. The van der Waals surface area contributed by atoms with Crippen LogP contribution in [0, 0.1) is 11.6 Å². The lowest BCUT2D eigenvalue weighted by Gasteiger charge is -2.26. The number of amides is 1. The number of nitrogens with zero attached hydrogens (tertiary/aromatic N) is 1. The van der Waals surface area contributed by atoms with Crippen molar-refractivity contribution in [3.8, 4) is 17.2 Å². The number of phenols is 1. The monoisotopic (exact) mass is 495 g/mol. The minimum Gasteiger partial charge on any atom is -0.507 e. The van der Waals surface area contributed by atoms with Crippen molar-refractivity contribution in [2.24, 2.45) is 0 Å². The first-order valence-electron chi connectivity index (χ1n) is 11.1. The first kappa shape index (κ1) is 24.7. The summed E-state index contributed by atoms with van der Waals surface area (Å²) in [6.45, 7) is 2.47. The lowest BCUT2D eigenvalue weighted by atomic mass is 9.94. The van der Waals surface area contributed by atoms with Crippen LogP contribution in [0.15, 0.2) is 66.2 Å². The highest BCUT2D eigenvalue weighted by Gasteiger charge is 2.47. The zero-order valence-corrected chi connectivity index (χ0v) is 19.5. The van der Waals surface area contributed by atoms with Crippen LogP contribution in [0.3, 0.4) is 0 Å². The molecule has 0 bridgehead atoms. The average Bonchev–Trinajstić information content (AvgIpc) is 3.14. The van der Waals surface area contributed by atoms with Crippen molar-refractivity contribution in [3.63, 3.8) is 0 Å². The van der Waals surface area contributed by atoms with E-state index in [0.717, 1.165) is 29.5 Å². The molecule has 36 heavy (non-hydrogen) atoms. The Kier molecular flexibility index (Phi) is 6.91. The molecular weight excluding hydrogens is 472 g/mol. The summed E-state index contributed by atoms with van der Waals surface area (Å²) in [5, 5.41) is 21.5. The second-order valence-corrected chi connectivity index (χ2v) is 8.07. The number of aromatic hydroxyl groups is 1. The third kappa shape index (κ3) is 4.47. The number of carbonyl (C=O) groups is 2. The molecule has 9 heteroatoms. The van der Waals surface area contributed by atoms with Crippen LogP contribution in [0.4, 0.5) is 14.5 Å². The second kappa shape index (κ2) is 10.1. The molecule has 1 amide bonds. The van der Waals surface area contributed by atoms with E-state index >= 15 is 0 Å². The van der Waals surface area contributed by atoms with Crippen molar-refractivity contribution >= 4 is 23.1 Å². The van der Waals surface area contributed by atoms with Crippen molar-refractivity contribution in [1.82, 2.24) is 0 Å². The molecule has 4 rings (SSSR count). The van der Waals surface area contributed by atoms with Crippen LogP contribution in [0.5, 0.6) is 17.2 Å². The maximum Gasteiger partial charge on any atom is 0.300 e. The Morgan fingerprint density at radius 2 is 1.72 bits per heavy atom. The van der Waals surface area contributed by atoms with E-state index in [-0.39, 0.29) is 33.9 Å². The fourth-order valence-electron chi connectivity index (χ4n) is 4.01. The normalized spacial score (nSPS) is 16.9. The molecule has 2 N–H and O–H groups in total. The number of hydrogen-bond donors (Lipinski definition) is 2. The topological polar surface area (TPSA) is 96.3 Å². The maximum atomic E-state index is 14.1.